The monoisotopic (exact) mass is 332 g/mol. The third-order valence-electron chi connectivity index (χ3n) is 4.28. The zero-order valence-electron chi connectivity index (χ0n) is 13.2. The molecular formula is C19H14BFN2O2. The lowest BCUT2D eigenvalue weighted by atomic mass is 9.79. The fraction of sp³-hybridized carbons (Fsp3) is 0.0526. The largest absolute Gasteiger partial charge is 0.488 e. The van der Waals surface area contributed by atoms with Crippen LogP contribution in [0.4, 0.5) is 4.39 Å². The van der Waals surface area contributed by atoms with Crippen molar-refractivity contribution in [1.82, 2.24) is 0 Å². The average molecular weight is 332 g/mol. The molecule has 1 aliphatic rings. The Morgan fingerprint density at radius 2 is 1.40 bits per heavy atom. The number of fused-ring (bicyclic) bond motifs is 1. The van der Waals surface area contributed by atoms with Gasteiger partial charge in [-0.25, -0.2) is 14.4 Å². The molecule has 0 bridgehead atoms. The summed E-state index contributed by atoms with van der Waals surface area (Å²) < 4.78 is 13.9. The number of para-hydroxylation sites is 2. The van der Waals surface area contributed by atoms with E-state index in [1.165, 1.54) is 12.1 Å². The maximum absolute atomic E-state index is 13.9. The van der Waals surface area contributed by atoms with E-state index in [2.05, 4.69) is 0 Å². The van der Waals surface area contributed by atoms with Crippen molar-refractivity contribution < 1.29 is 14.4 Å². The number of hydrogen-bond donors (Lipinski definition) is 2. The maximum Gasteiger partial charge on any atom is 0.488 e. The van der Waals surface area contributed by atoms with Gasteiger partial charge in [0.25, 0.3) is 0 Å². The molecule has 3 aromatic carbocycles. The number of benzene rings is 3. The average Bonchev–Trinajstić information content (AvgIpc) is 3.02. The molecule has 0 saturated heterocycles. The van der Waals surface area contributed by atoms with Crippen LogP contribution in [0.1, 0.15) is 11.1 Å². The van der Waals surface area contributed by atoms with E-state index in [-0.39, 0.29) is 5.82 Å². The van der Waals surface area contributed by atoms with Crippen molar-refractivity contribution in [2.24, 2.45) is 9.98 Å². The van der Waals surface area contributed by atoms with E-state index >= 15 is 0 Å². The lowest BCUT2D eigenvalue weighted by Gasteiger charge is -2.24. The molecule has 0 atom stereocenters. The minimum absolute atomic E-state index is 0.361. The summed E-state index contributed by atoms with van der Waals surface area (Å²) in [5.41, 5.74) is 0.610. The fourth-order valence-corrected chi connectivity index (χ4v) is 3.04. The van der Waals surface area contributed by atoms with Crippen LogP contribution in [-0.4, -0.2) is 17.2 Å². The van der Waals surface area contributed by atoms with Gasteiger partial charge in [-0.15, -0.1) is 0 Å². The molecule has 4 nitrogen and oxygen atoms in total. The SMILES string of the molecule is OB(O)c1ccc(C2(c3cccc(F)c3)N=c3ccccc3=N2)cc1. The summed E-state index contributed by atoms with van der Waals surface area (Å²) in [5.74, 6) is -0.361. The van der Waals surface area contributed by atoms with Gasteiger partial charge in [0, 0.05) is 11.1 Å². The first-order chi connectivity index (χ1) is 12.1. The Kier molecular flexibility index (Phi) is 3.71. The Balaban J connectivity index is 1.96. The number of hydrogen-bond acceptors (Lipinski definition) is 4. The van der Waals surface area contributed by atoms with Gasteiger partial charge in [0.1, 0.15) is 5.82 Å². The smallest absolute Gasteiger partial charge is 0.423 e. The fourth-order valence-electron chi connectivity index (χ4n) is 3.04. The lowest BCUT2D eigenvalue weighted by molar-refractivity contribution is 0.425. The summed E-state index contributed by atoms with van der Waals surface area (Å²) in [6.45, 7) is 0. The van der Waals surface area contributed by atoms with E-state index in [4.69, 9.17) is 9.98 Å². The van der Waals surface area contributed by atoms with E-state index in [0.717, 1.165) is 16.3 Å². The molecule has 122 valence electrons. The van der Waals surface area contributed by atoms with E-state index in [0.29, 0.717) is 11.0 Å². The van der Waals surface area contributed by atoms with Crippen molar-refractivity contribution in [2.75, 3.05) is 0 Å². The number of rotatable bonds is 3. The van der Waals surface area contributed by atoms with Gasteiger partial charge < -0.3 is 10.0 Å². The number of halogens is 1. The highest BCUT2D eigenvalue weighted by Gasteiger charge is 2.36. The van der Waals surface area contributed by atoms with Crippen molar-refractivity contribution in [2.45, 2.75) is 5.66 Å². The molecular weight excluding hydrogens is 318 g/mol. The Labute approximate surface area is 143 Å². The molecule has 1 heterocycles. The Morgan fingerprint density at radius 3 is 1.96 bits per heavy atom. The molecule has 0 fully saturated rings. The Hall–Kier alpha value is -2.83. The maximum atomic E-state index is 13.9. The van der Waals surface area contributed by atoms with Gasteiger partial charge in [-0.05, 0) is 29.7 Å². The molecule has 0 unspecified atom stereocenters. The second kappa shape index (κ2) is 5.91. The van der Waals surface area contributed by atoms with E-state index in [1.54, 1.807) is 36.4 Å². The molecule has 3 aromatic rings. The van der Waals surface area contributed by atoms with E-state index in [9.17, 15) is 14.4 Å². The van der Waals surface area contributed by atoms with Crippen LogP contribution in [0.15, 0.2) is 82.8 Å². The summed E-state index contributed by atoms with van der Waals surface area (Å²) in [4.78, 5) is 9.56. The minimum Gasteiger partial charge on any atom is -0.423 e. The summed E-state index contributed by atoms with van der Waals surface area (Å²) in [7, 11) is -1.55. The molecule has 0 radical (unpaired) electrons. The molecule has 0 amide bonds. The third-order valence-corrected chi connectivity index (χ3v) is 4.28. The van der Waals surface area contributed by atoms with Crippen LogP contribution in [0.2, 0.25) is 0 Å². The van der Waals surface area contributed by atoms with Gasteiger partial charge in [-0.1, -0.05) is 48.5 Å². The second-order valence-electron chi connectivity index (χ2n) is 5.89. The predicted molar refractivity (Wildman–Crippen MR) is 92.2 cm³/mol. The van der Waals surface area contributed by atoms with E-state index in [1.807, 2.05) is 24.3 Å². The molecule has 0 aromatic heterocycles. The summed E-state index contributed by atoms with van der Waals surface area (Å²) in [5, 5.41) is 20.1. The van der Waals surface area contributed by atoms with Crippen LogP contribution in [0.25, 0.3) is 0 Å². The standard InChI is InChI=1S/C19H14BFN2O2/c21-16-5-3-4-14(12-16)19(13-8-10-15(11-9-13)20(24)25)22-17-6-1-2-7-18(17)23-19/h1-12,24-25H. The van der Waals surface area contributed by atoms with Crippen LogP contribution in [0, 0.1) is 5.82 Å². The highest BCUT2D eigenvalue weighted by atomic mass is 19.1. The second-order valence-corrected chi connectivity index (χ2v) is 5.89. The highest BCUT2D eigenvalue weighted by Crippen LogP contribution is 2.35. The van der Waals surface area contributed by atoms with Crippen molar-refractivity contribution in [1.29, 1.82) is 0 Å². The zero-order valence-corrected chi connectivity index (χ0v) is 13.2. The van der Waals surface area contributed by atoms with Crippen LogP contribution in [-0.2, 0) is 5.66 Å². The molecule has 25 heavy (non-hydrogen) atoms. The Morgan fingerprint density at radius 1 is 0.760 bits per heavy atom. The van der Waals surface area contributed by atoms with Gasteiger partial charge in [0.15, 0.2) is 0 Å². The van der Waals surface area contributed by atoms with Gasteiger partial charge in [0.05, 0.1) is 10.7 Å². The quantitative estimate of drug-likeness (QED) is 0.692. The van der Waals surface area contributed by atoms with Crippen LogP contribution < -0.4 is 16.2 Å². The van der Waals surface area contributed by atoms with Gasteiger partial charge >= 0.3 is 7.12 Å². The van der Waals surface area contributed by atoms with E-state index < -0.39 is 12.8 Å². The van der Waals surface area contributed by atoms with Crippen LogP contribution in [0.3, 0.4) is 0 Å². The molecule has 0 spiro atoms. The van der Waals surface area contributed by atoms with Gasteiger partial charge in [-0.2, -0.15) is 0 Å². The molecule has 1 aliphatic heterocycles. The summed E-state index contributed by atoms with van der Waals surface area (Å²) in [6, 6.07) is 20.4. The highest BCUT2D eigenvalue weighted by molar-refractivity contribution is 6.58. The van der Waals surface area contributed by atoms with Gasteiger partial charge in [0.2, 0.25) is 5.66 Å². The number of nitrogens with zero attached hydrogens (tertiary/aromatic N) is 2. The predicted octanol–water partition coefficient (Wildman–Crippen LogP) is 0.660. The van der Waals surface area contributed by atoms with Crippen LogP contribution in [0.5, 0.6) is 0 Å². The topological polar surface area (TPSA) is 65.2 Å². The summed E-state index contributed by atoms with van der Waals surface area (Å²) in [6.07, 6.45) is 0. The van der Waals surface area contributed by atoms with Crippen molar-refractivity contribution in [3.05, 3.63) is 100 Å². The first-order valence-electron chi connectivity index (χ1n) is 7.86. The van der Waals surface area contributed by atoms with Crippen molar-refractivity contribution >= 4 is 12.6 Å². The minimum atomic E-state index is -1.55. The van der Waals surface area contributed by atoms with Crippen molar-refractivity contribution in [3.8, 4) is 0 Å². The first kappa shape index (κ1) is 15.7. The molecule has 0 aliphatic carbocycles. The third kappa shape index (κ3) is 2.65. The van der Waals surface area contributed by atoms with Gasteiger partial charge in [-0.3, -0.25) is 0 Å². The first-order valence-corrected chi connectivity index (χ1v) is 7.86. The summed E-state index contributed by atoms with van der Waals surface area (Å²) >= 11 is 0. The molecule has 0 saturated carbocycles. The van der Waals surface area contributed by atoms with Crippen LogP contribution >= 0.6 is 0 Å². The molecule has 6 heteroatoms. The molecule has 2 N–H and O–H groups in total. The van der Waals surface area contributed by atoms with Crippen molar-refractivity contribution in [3.63, 3.8) is 0 Å². The lowest BCUT2D eigenvalue weighted by Crippen LogP contribution is -2.30. The Bertz CT molecular complexity index is 1020. The zero-order chi connectivity index (χ0) is 17.4. The normalized spacial score (nSPS) is 14.4. The molecule has 4 rings (SSSR count).